The lowest BCUT2D eigenvalue weighted by Gasteiger charge is -2.02. The summed E-state index contributed by atoms with van der Waals surface area (Å²) in [5.74, 6) is 0. The van der Waals surface area contributed by atoms with Gasteiger partial charge in [0, 0.05) is 22.5 Å². The Labute approximate surface area is 117 Å². The van der Waals surface area contributed by atoms with Crippen molar-refractivity contribution in [1.82, 2.24) is 10.3 Å². The second-order valence-corrected chi connectivity index (χ2v) is 5.57. The minimum absolute atomic E-state index is 0.776. The highest BCUT2D eigenvalue weighted by Gasteiger charge is 2.07. The van der Waals surface area contributed by atoms with Crippen LogP contribution in [0.15, 0.2) is 23.6 Å². The molecule has 0 atom stereocenters. The Morgan fingerprint density at radius 2 is 2.22 bits per heavy atom. The Bertz CT molecular complexity index is 522. The molecule has 0 aliphatic carbocycles. The molecule has 0 saturated carbocycles. The van der Waals surface area contributed by atoms with Gasteiger partial charge in [-0.25, -0.2) is 4.98 Å². The zero-order valence-corrected chi connectivity index (χ0v) is 12.2. The van der Waals surface area contributed by atoms with Gasteiger partial charge in [0.05, 0.1) is 5.69 Å². The summed E-state index contributed by atoms with van der Waals surface area (Å²) in [4.78, 5) is 4.66. The third-order valence-electron chi connectivity index (χ3n) is 2.70. The Kier molecular flexibility index (Phi) is 4.75. The lowest BCUT2D eigenvalue weighted by Crippen LogP contribution is -2.13. The maximum absolute atomic E-state index is 5.97. The molecule has 0 amide bonds. The van der Waals surface area contributed by atoms with Gasteiger partial charge in [-0.3, -0.25) is 0 Å². The van der Waals surface area contributed by atoms with Gasteiger partial charge in [-0.2, -0.15) is 0 Å². The highest BCUT2D eigenvalue weighted by Crippen LogP contribution is 2.28. The minimum atomic E-state index is 0.776. The number of hydrogen-bond acceptors (Lipinski definition) is 3. The lowest BCUT2D eigenvalue weighted by atomic mass is 10.1. The second kappa shape index (κ2) is 6.32. The van der Waals surface area contributed by atoms with Crippen LogP contribution in [0.25, 0.3) is 10.6 Å². The van der Waals surface area contributed by atoms with E-state index in [-0.39, 0.29) is 0 Å². The van der Waals surface area contributed by atoms with Crippen molar-refractivity contribution in [2.45, 2.75) is 26.8 Å². The maximum atomic E-state index is 5.97. The monoisotopic (exact) mass is 280 g/mol. The van der Waals surface area contributed by atoms with E-state index in [9.17, 15) is 0 Å². The fourth-order valence-corrected chi connectivity index (χ4v) is 2.91. The first-order valence-corrected chi connectivity index (χ1v) is 7.38. The van der Waals surface area contributed by atoms with E-state index in [4.69, 9.17) is 11.6 Å². The Morgan fingerprint density at radius 3 is 2.94 bits per heavy atom. The van der Waals surface area contributed by atoms with Gasteiger partial charge in [0.25, 0.3) is 0 Å². The predicted octanol–water partition coefficient (Wildman–Crippen LogP) is 4.27. The van der Waals surface area contributed by atoms with E-state index >= 15 is 0 Å². The van der Waals surface area contributed by atoms with E-state index < -0.39 is 0 Å². The molecule has 2 nitrogen and oxygen atoms in total. The molecule has 1 heterocycles. The summed E-state index contributed by atoms with van der Waals surface area (Å²) >= 11 is 7.65. The van der Waals surface area contributed by atoms with Crippen LogP contribution in [0.5, 0.6) is 0 Å². The van der Waals surface area contributed by atoms with Crippen molar-refractivity contribution in [2.24, 2.45) is 0 Å². The van der Waals surface area contributed by atoms with E-state index in [2.05, 4.69) is 29.5 Å². The molecule has 0 aliphatic rings. The summed E-state index contributed by atoms with van der Waals surface area (Å²) in [6.07, 6.45) is 1.15. The van der Waals surface area contributed by atoms with E-state index in [1.165, 1.54) is 11.1 Å². The zero-order chi connectivity index (χ0) is 13.0. The van der Waals surface area contributed by atoms with Gasteiger partial charge in [-0.15, -0.1) is 11.3 Å². The Hall–Kier alpha value is -0.900. The third kappa shape index (κ3) is 3.31. The van der Waals surface area contributed by atoms with E-state index in [1.54, 1.807) is 11.3 Å². The first-order chi connectivity index (χ1) is 8.70. The van der Waals surface area contributed by atoms with Crippen LogP contribution in [0, 0.1) is 6.92 Å². The molecule has 0 aliphatic heterocycles. The van der Waals surface area contributed by atoms with Gasteiger partial charge in [0.15, 0.2) is 0 Å². The summed E-state index contributed by atoms with van der Waals surface area (Å²) < 4.78 is 0. The SMILES string of the molecule is CCCNCc1csc(-c2ccc(Cl)cc2C)n1. The Morgan fingerprint density at radius 1 is 1.39 bits per heavy atom. The molecule has 0 fully saturated rings. The summed E-state index contributed by atoms with van der Waals surface area (Å²) in [6.45, 7) is 6.11. The quantitative estimate of drug-likeness (QED) is 0.827. The average Bonchev–Trinajstić information content (AvgIpc) is 2.78. The molecule has 2 rings (SSSR count). The molecule has 0 unspecified atom stereocenters. The lowest BCUT2D eigenvalue weighted by molar-refractivity contribution is 0.667. The molecule has 0 spiro atoms. The molecular weight excluding hydrogens is 264 g/mol. The molecule has 0 bridgehead atoms. The number of rotatable bonds is 5. The summed E-state index contributed by atoms with van der Waals surface area (Å²) in [5, 5.41) is 7.32. The van der Waals surface area contributed by atoms with E-state index in [1.807, 2.05) is 18.2 Å². The fraction of sp³-hybridized carbons (Fsp3) is 0.357. The number of halogens is 1. The van der Waals surface area contributed by atoms with Crippen molar-refractivity contribution in [3.63, 3.8) is 0 Å². The molecule has 1 aromatic carbocycles. The zero-order valence-electron chi connectivity index (χ0n) is 10.7. The number of nitrogens with zero attached hydrogens (tertiary/aromatic N) is 1. The molecule has 1 aromatic heterocycles. The molecule has 4 heteroatoms. The maximum Gasteiger partial charge on any atom is 0.123 e. The molecule has 0 saturated heterocycles. The van der Waals surface area contributed by atoms with E-state index in [0.717, 1.165) is 35.2 Å². The molecule has 1 N–H and O–H groups in total. The first kappa shape index (κ1) is 13.5. The van der Waals surface area contributed by atoms with Crippen LogP contribution in [-0.4, -0.2) is 11.5 Å². The highest BCUT2D eigenvalue weighted by atomic mass is 35.5. The number of thiazole rings is 1. The third-order valence-corrected chi connectivity index (χ3v) is 3.86. The number of aryl methyl sites for hydroxylation is 1. The van der Waals surface area contributed by atoms with E-state index in [0.29, 0.717) is 0 Å². The number of aromatic nitrogens is 1. The number of nitrogens with one attached hydrogen (secondary N) is 1. The number of hydrogen-bond donors (Lipinski definition) is 1. The van der Waals surface area contributed by atoms with Gasteiger partial charge in [0.1, 0.15) is 5.01 Å². The smallest absolute Gasteiger partial charge is 0.123 e. The van der Waals surface area contributed by atoms with Crippen molar-refractivity contribution in [3.8, 4) is 10.6 Å². The normalized spacial score (nSPS) is 10.8. The van der Waals surface area contributed by atoms with Gasteiger partial charge < -0.3 is 5.32 Å². The van der Waals surface area contributed by atoms with Crippen molar-refractivity contribution in [3.05, 3.63) is 39.9 Å². The standard InChI is InChI=1S/C14H17ClN2S/c1-3-6-16-8-12-9-18-14(17-12)13-5-4-11(15)7-10(13)2/h4-5,7,9,16H,3,6,8H2,1-2H3. The van der Waals surface area contributed by atoms with Crippen LogP contribution in [0.4, 0.5) is 0 Å². The molecule has 0 radical (unpaired) electrons. The largest absolute Gasteiger partial charge is 0.311 e. The van der Waals surface area contributed by atoms with Crippen LogP contribution in [0.1, 0.15) is 24.6 Å². The van der Waals surface area contributed by atoms with Crippen LogP contribution in [-0.2, 0) is 6.54 Å². The van der Waals surface area contributed by atoms with Gasteiger partial charge in [-0.05, 0) is 37.6 Å². The van der Waals surface area contributed by atoms with Crippen LogP contribution >= 0.6 is 22.9 Å². The second-order valence-electron chi connectivity index (χ2n) is 4.28. The molecular formula is C14H17ClN2S. The van der Waals surface area contributed by atoms with Crippen LogP contribution in [0.3, 0.4) is 0 Å². The highest BCUT2D eigenvalue weighted by molar-refractivity contribution is 7.13. The topological polar surface area (TPSA) is 24.9 Å². The summed E-state index contributed by atoms with van der Waals surface area (Å²) in [5.41, 5.74) is 3.45. The summed E-state index contributed by atoms with van der Waals surface area (Å²) in [6, 6.07) is 5.94. The van der Waals surface area contributed by atoms with Crippen molar-refractivity contribution in [2.75, 3.05) is 6.54 Å². The molecule has 96 valence electrons. The fourth-order valence-electron chi connectivity index (χ4n) is 1.77. The van der Waals surface area contributed by atoms with Crippen molar-refractivity contribution < 1.29 is 0 Å². The minimum Gasteiger partial charge on any atom is -0.311 e. The van der Waals surface area contributed by atoms with Gasteiger partial charge in [0.2, 0.25) is 0 Å². The average molecular weight is 281 g/mol. The molecule has 18 heavy (non-hydrogen) atoms. The number of benzene rings is 1. The summed E-state index contributed by atoms with van der Waals surface area (Å²) in [7, 11) is 0. The molecule has 2 aromatic rings. The first-order valence-electron chi connectivity index (χ1n) is 6.12. The van der Waals surface area contributed by atoms with Gasteiger partial charge >= 0.3 is 0 Å². The van der Waals surface area contributed by atoms with Crippen LogP contribution in [0.2, 0.25) is 5.02 Å². The Balaban J connectivity index is 2.13. The van der Waals surface area contributed by atoms with Crippen molar-refractivity contribution >= 4 is 22.9 Å². The predicted molar refractivity (Wildman–Crippen MR) is 79.3 cm³/mol. The van der Waals surface area contributed by atoms with Crippen molar-refractivity contribution in [1.29, 1.82) is 0 Å². The van der Waals surface area contributed by atoms with Crippen LogP contribution < -0.4 is 5.32 Å². The van der Waals surface area contributed by atoms with Gasteiger partial charge in [-0.1, -0.05) is 24.6 Å².